The second kappa shape index (κ2) is 7.69. The number of ether oxygens (including phenoxy) is 2. The summed E-state index contributed by atoms with van der Waals surface area (Å²) in [6, 6.07) is 17.3. The monoisotopic (exact) mass is 284 g/mol. The Morgan fingerprint density at radius 2 is 1.86 bits per heavy atom. The van der Waals surface area contributed by atoms with Gasteiger partial charge in [0.25, 0.3) is 0 Å². The van der Waals surface area contributed by atoms with E-state index in [4.69, 9.17) is 4.74 Å². The summed E-state index contributed by atoms with van der Waals surface area (Å²) >= 11 is 0. The first-order valence-electron chi connectivity index (χ1n) is 6.42. The summed E-state index contributed by atoms with van der Waals surface area (Å²) in [5.74, 6) is 0.691. The number of hydrazone groups is 1. The van der Waals surface area contributed by atoms with Crippen molar-refractivity contribution in [2.24, 2.45) is 5.10 Å². The summed E-state index contributed by atoms with van der Waals surface area (Å²) in [5, 5.41) is 3.80. The number of rotatable bonds is 5. The number of para-hydroxylation sites is 1. The number of carbonyl (C=O) groups excluding carboxylic acids is 1. The summed E-state index contributed by atoms with van der Waals surface area (Å²) in [5.41, 5.74) is 4.08. The summed E-state index contributed by atoms with van der Waals surface area (Å²) in [6.07, 6.45) is 0.894. The molecule has 0 saturated heterocycles. The molecule has 0 aliphatic carbocycles. The van der Waals surface area contributed by atoms with E-state index in [0.717, 1.165) is 11.1 Å². The largest absolute Gasteiger partial charge is 0.488 e. The first-order chi connectivity index (χ1) is 10.3. The van der Waals surface area contributed by atoms with Crippen LogP contribution in [0.1, 0.15) is 11.1 Å². The fourth-order valence-corrected chi connectivity index (χ4v) is 1.65. The van der Waals surface area contributed by atoms with E-state index in [9.17, 15) is 4.79 Å². The van der Waals surface area contributed by atoms with E-state index >= 15 is 0 Å². The van der Waals surface area contributed by atoms with E-state index < -0.39 is 6.09 Å². The SMILES string of the molecule is COC(=O)N/N=C/c1ccccc1OCc1ccccc1. The smallest absolute Gasteiger partial charge is 0.427 e. The molecule has 0 aromatic heterocycles. The number of nitrogens with zero attached hydrogens (tertiary/aromatic N) is 1. The van der Waals surface area contributed by atoms with Crippen LogP contribution in [-0.2, 0) is 11.3 Å². The predicted molar refractivity (Wildman–Crippen MR) is 80.4 cm³/mol. The lowest BCUT2D eigenvalue weighted by Crippen LogP contribution is -2.16. The van der Waals surface area contributed by atoms with Crippen LogP contribution in [0.4, 0.5) is 4.79 Å². The van der Waals surface area contributed by atoms with Crippen molar-refractivity contribution in [3.05, 3.63) is 65.7 Å². The Balaban J connectivity index is 2.01. The van der Waals surface area contributed by atoms with Gasteiger partial charge in [0.2, 0.25) is 0 Å². The van der Waals surface area contributed by atoms with Crippen molar-refractivity contribution in [1.29, 1.82) is 0 Å². The molecule has 2 aromatic rings. The van der Waals surface area contributed by atoms with Crippen molar-refractivity contribution in [2.75, 3.05) is 7.11 Å². The molecule has 2 aromatic carbocycles. The molecule has 0 radical (unpaired) electrons. The molecule has 108 valence electrons. The van der Waals surface area contributed by atoms with Crippen LogP contribution in [0.5, 0.6) is 5.75 Å². The molecule has 0 saturated carbocycles. The Kier molecular flexibility index (Phi) is 5.34. The highest BCUT2D eigenvalue weighted by atomic mass is 16.5. The van der Waals surface area contributed by atoms with Gasteiger partial charge in [-0.2, -0.15) is 5.10 Å². The van der Waals surface area contributed by atoms with Crippen LogP contribution in [-0.4, -0.2) is 19.4 Å². The van der Waals surface area contributed by atoms with Crippen LogP contribution >= 0.6 is 0 Å². The van der Waals surface area contributed by atoms with Gasteiger partial charge in [-0.25, -0.2) is 10.2 Å². The van der Waals surface area contributed by atoms with Gasteiger partial charge < -0.3 is 9.47 Å². The van der Waals surface area contributed by atoms with Gasteiger partial charge in [0, 0.05) is 5.56 Å². The Labute approximate surface area is 123 Å². The van der Waals surface area contributed by atoms with Gasteiger partial charge in [-0.1, -0.05) is 42.5 Å². The quantitative estimate of drug-likeness (QED) is 0.678. The zero-order chi connectivity index (χ0) is 14.9. The van der Waals surface area contributed by atoms with Gasteiger partial charge in [-0.3, -0.25) is 0 Å². The number of benzene rings is 2. The molecule has 5 heteroatoms. The van der Waals surface area contributed by atoms with Gasteiger partial charge >= 0.3 is 6.09 Å². The first-order valence-corrected chi connectivity index (χ1v) is 6.42. The van der Waals surface area contributed by atoms with Crippen molar-refractivity contribution >= 4 is 12.3 Å². The predicted octanol–water partition coefficient (Wildman–Crippen LogP) is 2.96. The molecule has 0 atom stereocenters. The number of nitrogens with one attached hydrogen (secondary N) is 1. The lowest BCUT2D eigenvalue weighted by Gasteiger charge is -2.08. The fraction of sp³-hybridized carbons (Fsp3) is 0.125. The van der Waals surface area contributed by atoms with E-state index in [1.807, 2.05) is 54.6 Å². The van der Waals surface area contributed by atoms with Gasteiger partial charge in [0.1, 0.15) is 12.4 Å². The molecule has 2 rings (SSSR count). The molecule has 0 aliphatic heterocycles. The lowest BCUT2D eigenvalue weighted by atomic mass is 10.2. The highest BCUT2D eigenvalue weighted by Gasteiger charge is 2.01. The van der Waals surface area contributed by atoms with E-state index in [1.165, 1.54) is 13.3 Å². The number of methoxy groups -OCH3 is 1. The van der Waals surface area contributed by atoms with Crippen LogP contribution in [0.2, 0.25) is 0 Å². The van der Waals surface area contributed by atoms with E-state index in [-0.39, 0.29) is 0 Å². The van der Waals surface area contributed by atoms with Crippen molar-refractivity contribution < 1.29 is 14.3 Å². The molecule has 0 heterocycles. The van der Waals surface area contributed by atoms with Crippen LogP contribution in [0, 0.1) is 0 Å². The molecule has 0 fully saturated rings. The zero-order valence-corrected chi connectivity index (χ0v) is 11.7. The van der Waals surface area contributed by atoms with E-state index in [2.05, 4.69) is 15.3 Å². The highest BCUT2D eigenvalue weighted by molar-refractivity contribution is 5.84. The average molecular weight is 284 g/mol. The van der Waals surface area contributed by atoms with Crippen molar-refractivity contribution in [3.63, 3.8) is 0 Å². The standard InChI is InChI=1S/C16H16N2O3/c1-20-16(19)18-17-11-14-9-5-6-10-15(14)21-12-13-7-3-2-4-8-13/h2-11H,12H2,1H3,(H,18,19)/b17-11+. The third-order valence-electron chi connectivity index (χ3n) is 2.70. The van der Waals surface area contributed by atoms with Crippen molar-refractivity contribution in [1.82, 2.24) is 5.43 Å². The normalized spacial score (nSPS) is 10.3. The van der Waals surface area contributed by atoms with Crippen molar-refractivity contribution in [3.8, 4) is 5.75 Å². The minimum absolute atomic E-state index is 0.468. The Morgan fingerprint density at radius 1 is 1.14 bits per heavy atom. The maximum absolute atomic E-state index is 10.9. The fourth-order valence-electron chi connectivity index (χ4n) is 1.65. The van der Waals surface area contributed by atoms with Crippen LogP contribution < -0.4 is 10.2 Å². The summed E-state index contributed by atoms with van der Waals surface area (Å²) < 4.78 is 10.2. The maximum Gasteiger partial charge on any atom is 0.427 e. The zero-order valence-electron chi connectivity index (χ0n) is 11.7. The number of amides is 1. The van der Waals surface area contributed by atoms with Crippen molar-refractivity contribution in [2.45, 2.75) is 6.61 Å². The molecular weight excluding hydrogens is 268 g/mol. The Bertz CT molecular complexity index is 612. The van der Waals surface area contributed by atoms with Gasteiger partial charge in [0.15, 0.2) is 0 Å². The molecule has 5 nitrogen and oxygen atoms in total. The molecule has 0 bridgehead atoms. The minimum Gasteiger partial charge on any atom is -0.488 e. The minimum atomic E-state index is -0.617. The van der Waals surface area contributed by atoms with Gasteiger partial charge in [0.05, 0.1) is 13.3 Å². The molecule has 0 unspecified atom stereocenters. The van der Waals surface area contributed by atoms with Crippen LogP contribution in [0.25, 0.3) is 0 Å². The van der Waals surface area contributed by atoms with Crippen LogP contribution in [0.3, 0.4) is 0 Å². The number of carbonyl (C=O) groups is 1. The molecule has 21 heavy (non-hydrogen) atoms. The first kappa shape index (κ1) is 14.6. The molecule has 0 aliphatic rings. The third kappa shape index (κ3) is 4.65. The average Bonchev–Trinajstić information content (AvgIpc) is 2.54. The number of hydrogen-bond donors (Lipinski definition) is 1. The second-order valence-electron chi connectivity index (χ2n) is 4.17. The molecule has 0 spiro atoms. The Morgan fingerprint density at radius 3 is 2.62 bits per heavy atom. The third-order valence-corrected chi connectivity index (χ3v) is 2.70. The number of hydrogen-bond acceptors (Lipinski definition) is 4. The summed E-state index contributed by atoms with van der Waals surface area (Å²) in [4.78, 5) is 10.9. The Hall–Kier alpha value is -2.82. The molecule has 1 amide bonds. The topological polar surface area (TPSA) is 59.9 Å². The second-order valence-corrected chi connectivity index (χ2v) is 4.17. The van der Waals surface area contributed by atoms with E-state index in [0.29, 0.717) is 12.4 Å². The van der Waals surface area contributed by atoms with Crippen LogP contribution in [0.15, 0.2) is 59.7 Å². The molecular formula is C16H16N2O3. The lowest BCUT2D eigenvalue weighted by molar-refractivity contribution is 0.171. The van der Waals surface area contributed by atoms with Gasteiger partial charge in [-0.15, -0.1) is 0 Å². The maximum atomic E-state index is 10.9. The summed E-state index contributed by atoms with van der Waals surface area (Å²) in [7, 11) is 1.28. The highest BCUT2D eigenvalue weighted by Crippen LogP contribution is 2.17. The molecule has 1 N–H and O–H groups in total. The van der Waals surface area contributed by atoms with E-state index in [1.54, 1.807) is 0 Å². The van der Waals surface area contributed by atoms with Gasteiger partial charge in [-0.05, 0) is 17.7 Å². The summed E-state index contributed by atoms with van der Waals surface area (Å²) in [6.45, 7) is 0.468.